The maximum absolute atomic E-state index is 12.3. The van der Waals surface area contributed by atoms with E-state index >= 15 is 0 Å². The number of carbonyl (C=O) groups excluding carboxylic acids is 1. The summed E-state index contributed by atoms with van der Waals surface area (Å²) in [5, 5.41) is 0. The Morgan fingerprint density at radius 3 is 2.37 bits per heavy atom. The summed E-state index contributed by atoms with van der Waals surface area (Å²) in [7, 11) is 1.61. The molecule has 0 N–H and O–H groups in total. The van der Waals surface area contributed by atoms with Gasteiger partial charge in [-0.25, -0.2) is 0 Å². The zero-order valence-electron chi connectivity index (χ0n) is 12.2. The van der Waals surface area contributed by atoms with Gasteiger partial charge in [0.2, 0.25) is 0 Å². The molecule has 1 amide bonds. The average molecular weight is 265 g/mol. The van der Waals surface area contributed by atoms with E-state index in [4.69, 9.17) is 9.47 Å². The third-order valence-electron chi connectivity index (χ3n) is 3.04. The van der Waals surface area contributed by atoms with Crippen molar-refractivity contribution in [2.45, 2.75) is 33.3 Å². The quantitative estimate of drug-likeness (QED) is 0.761. The molecule has 0 aliphatic rings. The third kappa shape index (κ3) is 4.16. The molecular formula is C15H23NO3. The molecule has 19 heavy (non-hydrogen) atoms. The van der Waals surface area contributed by atoms with Crippen LogP contribution in [0.15, 0.2) is 24.3 Å². The minimum absolute atomic E-state index is 0.0373. The topological polar surface area (TPSA) is 38.8 Å². The van der Waals surface area contributed by atoms with E-state index in [-0.39, 0.29) is 5.91 Å². The molecule has 1 rings (SSSR count). The fourth-order valence-corrected chi connectivity index (χ4v) is 1.89. The van der Waals surface area contributed by atoms with Gasteiger partial charge in [0.1, 0.15) is 11.5 Å². The van der Waals surface area contributed by atoms with Crippen LogP contribution in [0.5, 0.6) is 11.5 Å². The summed E-state index contributed by atoms with van der Waals surface area (Å²) in [5.41, 5.74) is 0. The Labute approximate surface area is 115 Å². The Hall–Kier alpha value is -1.71. The van der Waals surface area contributed by atoms with E-state index in [0.29, 0.717) is 25.3 Å². The van der Waals surface area contributed by atoms with Gasteiger partial charge in [-0.2, -0.15) is 0 Å². The van der Waals surface area contributed by atoms with E-state index in [1.807, 2.05) is 39.0 Å². The number of ether oxygens (including phenoxy) is 2. The third-order valence-corrected chi connectivity index (χ3v) is 3.04. The highest BCUT2D eigenvalue weighted by Gasteiger charge is 2.22. The second-order valence-electron chi connectivity index (χ2n) is 4.20. The number of carbonyl (C=O) groups is 1. The molecule has 0 unspecified atom stereocenters. The van der Waals surface area contributed by atoms with Crippen LogP contribution in [-0.2, 0) is 4.79 Å². The lowest BCUT2D eigenvalue weighted by molar-refractivity contribution is -0.138. The van der Waals surface area contributed by atoms with Crippen LogP contribution in [-0.4, -0.2) is 37.1 Å². The molecule has 0 heterocycles. The lowest BCUT2D eigenvalue weighted by Crippen LogP contribution is -2.41. The number of hydrogen-bond donors (Lipinski definition) is 0. The van der Waals surface area contributed by atoms with Crippen LogP contribution in [0.2, 0.25) is 0 Å². The first kappa shape index (κ1) is 15.3. The second kappa shape index (κ2) is 7.67. The van der Waals surface area contributed by atoms with E-state index in [2.05, 4.69) is 0 Å². The molecule has 1 aromatic carbocycles. The Kier molecular flexibility index (Phi) is 6.19. The van der Waals surface area contributed by atoms with Crippen molar-refractivity contribution in [3.8, 4) is 11.5 Å². The van der Waals surface area contributed by atoms with Crippen molar-refractivity contribution in [1.29, 1.82) is 0 Å². The van der Waals surface area contributed by atoms with Crippen molar-refractivity contribution in [3.05, 3.63) is 24.3 Å². The minimum Gasteiger partial charge on any atom is -0.497 e. The van der Waals surface area contributed by atoms with Crippen LogP contribution in [0.4, 0.5) is 0 Å². The standard InChI is InChI=1S/C15H23NO3/c1-5-14(15(17)16(6-2)7-3)19-13-10-8-9-12(11-13)18-4/h8-11,14H,5-7H2,1-4H3/t14-/m0/s1. The maximum Gasteiger partial charge on any atom is 0.263 e. The summed E-state index contributed by atoms with van der Waals surface area (Å²) in [6.07, 6.45) is 0.207. The van der Waals surface area contributed by atoms with Gasteiger partial charge in [0.15, 0.2) is 6.10 Å². The van der Waals surface area contributed by atoms with Crippen molar-refractivity contribution in [2.75, 3.05) is 20.2 Å². The molecule has 0 radical (unpaired) electrons. The zero-order chi connectivity index (χ0) is 14.3. The van der Waals surface area contributed by atoms with E-state index < -0.39 is 6.10 Å². The van der Waals surface area contributed by atoms with E-state index in [1.165, 1.54) is 0 Å². The van der Waals surface area contributed by atoms with Gasteiger partial charge in [0, 0.05) is 19.2 Å². The Bertz CT molecular complexity index is 402. The van der Waals surface area contributed by atoms with Crippen LogP contribution in [0, 0.1) is 0 Å². The predicted molar refractivity (Wildman–Crippen MR) is 75.6 cm³/mol. The largest absolute Gasteiger partial charge is 0.497 e. The van der Waals surface area contributed by atoms with E-state index in [0.717, 1.165) is 5.75 Å². The molecule has 0 saturated carbocycles. The Morgan fingerprint density at radius 2 is 1.84 bits per heavy atom. The number of rotatable bonds is 7. The molecule has 4 heteroatoms. The van der Waals surface area contributed by atoms with E-state index in [9.17, 15) is 4.79 Å². The summed E-state index contributed by atoms with van der Waals surface area (Å²) in [4.78, 5) is 14.1. The highest BCUT2D eigenvalue weighted by atomic mass is 16.5. The smallest absolute Gasteiger partial charge is 0.263 e. The zero-order valence-corrected chi connectivity index (χ0v) is 12.2. The molecule has 0 fully saturated rings. The van der Waals surface area contributed by atoms with Crippen LogP contribution < -0.4 is 9.47 Å². The molecule has 106 valence electrons. The van der Waals surface area contributed by atoms with Gasteiger partial charge in [-0.3, -0.25) is 4.79 Å². The molecule has 4 nitrogen and oxygen atoms in total. The number of nitrogens with zero attached hydrogens (tertiary/aromatic N) is 1. The van der Waals surface area contributed by atoms with Gasteiger partial charge < -0.3 is 14.4 Å². The summed E-state index contributed by atoms with van der Waals surface area (Å²) in [5.74, 6) is 1.42. The van der Waals surface area contributed by atoms with Crippen molar-refractivity contribution < 1.29 is 14.3 Å². The highest BCUT2D eigenvalue weighted by Crippen LogP contribution is 2.21. The van der Waals surface area contributed by atoms with Gasteiger partial charge in [-0.15, -0.1) is 0 Å². The van der Waals surface area contributed by atoms with Gasteiger partial charge >= 0.3 is 0 Å². The SMILES string of the molecule is CC[C@H](Oc1cccc(OC)c1)C(=O)N(CC)CC. The molecule has 0 aliphatic carbocycles. The molecule has 0 bridgehead atoms. The molecule has 0 aliphatic heterocycles. The lowest BCUT2D eigenvalue weighted by atomic mass is 10.2. The van der Waals surface area contributed by atoms with Gasteiger partial charge in [-0.05, 0) is 32.4 Å². The Morgan fingerprint density at radius 1 is 1.21 bits per heavy atom. The molecule has 1 atom stereocenters. The van der Waals surface area contributed by atoms with Crippen molar-refractivity contribution in [3.63, 3.8) is 0 Å². The normalized spacial score (nSPS) is 11.8. The number of amides is 1. The first-order chi connectivity index (χ1) is 9.15. The van der Waals surface area contributed by atoms with Crippen molar-refractivity contribution in [2.24, 2.45) is 0 Å². The van der Waals surface area contributed by atoms with Crippen molar-refractivity contribution in [1.82, 2.24) is 4.90 Å². The summed E-state index contributed by atoms with van der Waals surface area (Å²) in [6, 6.07) is 7.32. The second-order valence-corrected chi connectivity index (χ2v) is 4.20. The molecule has 0 aromatic heterocycles. The van der Waals surface area contributed by atoms with Crippen LogP contribution in [0.25, 0.3) is 0 Å². The molecule has 0 spiro atoms. The molecular weight excluding hydrogens is 242 g/mol. The molecule has 0 saturated heterocycles. The summed E-state index contributed by atoms with van der Waals surface area (Å²) in [6.45, 7) is 7.30. The molecule has 1 aromatic rings. The lowest BCUT2D eigenvalue weighted by Gasteiger charge is -2.25. The van der Waals surface area contributed by atoms with Gasteiger partial charge in [-0.1, -0.05) is 13.0 Å². The number of benzene rings is 1. The Balaban J connectivity index is 2.78. The summed E-state index contributed by atoms with van der Waals surface area (Å²) < 4.78 is 10.9. The van der Waals surface area contributed by atoms with Gasteiger partial charge in [0.25, 0.3) is 5.91 Å². The van der Waals surface area contributed by atoms with Crippen LogP contribution in [0.1, 0.15) is 27.2 Å². The minimum atomic E-state index is -0.438. The fraction of sp³-hybridized carbons (Fsp3) is 0.533. The van der Waals surface area contributed by atoms with Crippen LogP contribution >= 0.6 is 0 Å². The van der Waals surface area contributed by atoms with Crippen LogP contribution in [0.3, 0.4) is 0 Å². The average Bonchev–Trinajstić information content (AvgIpc) is 2.46. The first-order valence-electron chi connectivity index (χ1n) is 6.75. The van der Waals surface area contributed by atoms with E-state index in [1.54, 1.807) is 18.1 Å². The number of likely N-dealkylation sites (N-methyl/N-ethyl adjacent to an activating group) is 1. The predicted octanol–water partition coefficient (Wildman–Crippen LogP) is 2.72. The van der Waals surface area contributed by atoms with Crippen molar-refractivity contribution >= 4 is 5.91 Å². The first-order valence-corrected chi connectivity index (χ1v) is 6.75. The van der Waals surface area contributed by atoms with Gasteiger partial charge in [0.05, 0.1) is 7.11 Å². The fourth-order valence-electron chi connectivity index (χ4n) is 1.89. The highest BCUT2D eigenvalue weighted by molar-refractivity contribution is 5.81. The number of methoxy groups -OCH3 is 1. The monoisotopic (exact) mass is 265 g/mol. The number of hydrogen-bond acceptors (Lipinski definition) is 3. The maximum atomic E-state index is 12.3. The summed E-state index contributed by atoms with van der Waals surface area (Å²) >= 11 is 0.